The zero-order chi connectivity index (χ0) is 16.2. The van der Waals surface area contributed by atoms with E-state index < -0.39 is 11.7 Å². The van der Waals surface area contributed by atoms with E-state index in [2.05, 4.69) is 0 Å². The van der Waals surface area contributed by atoms with Gasteiger partial charge in [0.2, 0.25) is 0 Å². The molecule has 22 heavy (non-hydrogen) atoms. The highest BCUT2D eigenvalue weighted by Gasteiger charge is 2.36. The normalized spacial score (nSPS) is 18.6. The molecule has 2 rings (SSSR count). The first-order valence-corrected chi connectivity index (χ1v) is 7.48. The van der Waals surface area contributed by atoms with E-state index in [-0.39, 0.29) is 18.4 Å². The van der Waals surface area contributed by atoms with Gasteiger partial charge in [0.1, 0.15) is 5.60 Å². The van der Waals surface area contributed by atoms with Crippen molar-refractivity contribution in [3.05, 3.63) is 35.9 Å². The van der Waals surface area contributed by atoms with E-state index in [9.17, 15) is 9.59 Å². The molecule has 1 aliphatic heterocycles. The Bertz CT molecular complexity index is 521. The maximum atomic E-state index is 12.1. The summed E-state index contributed by atoms with van der Waals surface area (Å²) in [5.41, 5.74) is 0.494. The van der Waals surface area contributed by atoms with Crippen LogP contribution in [0.2, 0.25) is 0 Å². The molecular formula is C17H23NO4. The van der Waals surface area contributed by atoms with Gasteiger partial charge < -0.3 is 9.47 Å². The van der Waals surface area contributed by atoms with Crippen LogP contribution in [0.1, 0.15) is 32.8 Å². The minimum atomic E-state index is -0.571. The van der Waals surface area contributed by atoms with Crippen molar-refractivity contribution in [3.8, 4) is 0 Å². The molecule has 0 unspecified atom stereocenters. The molecule has 5 heteroatoms. The Morgan fingerprint density at radius 2 is 1.95 bits per heavy atom. The summed E-state index contributed by atoms with van der Waals surface area (Å²) < 4.78 is 11.0. The molecule has 1 fully saturated rings. The van der Waals surface area contributed by atoms with Crippen molar-refractivity contribution in [3.63, 3.8) is 0 Å². The van der Waals surface area contributed by atoms with Crippen molar-refractivity contribution in [2.75, 3.05) is 13.2 Å². The van der Waals surface area contributed by atoms with E-state index in [0.717, 1.165) is 5.56 Å². The van der Waals surface area contributed by atoms with Gasteiger partial charge in [0, 0.05) is 6.42 Å². The maximum Gasteiger partial charge on any atom is 0.411 e. The summed E-state index contributed by atoms with van der Waals surface area (Å²) >= 11 is 0. The number of Topliss-reactive ketones (excluding diaryl/α,β-unsaturated/α-hetero) is 1. The smallest absolute Gasteiger partial charge is 0.411 e. The molecule has 1 aliphatic rings. The van der Waals surface area contributed by atoms with Crippen LogP contribution < -0.4 is 0 Å². The number of carbonyl (C=O) groups excluding carboxylic acids is 2. The second kappa shape index (κ2) is 6.92. The monoisotopic (exact) mass is 305 g/mol. The van der Waals surface area contributed by atoms with Crippen LogP contribution in [0.25, 0.3) is 0 Å². The van der Waals surface area contributed by atoms with E-state index in [1.54, 1.807) is 0 Å². The van der Waals surface area contributed by atoms with Crippen LogP contribution in [0.3, 0.4) is 0 Å². The number of hydrogen-bond donors (Lipinski definition) is 0. The molecule has 0 saturated carbocycles. The van der Waals surface area contributed by atoms with Gasteiger partial charge in [-0.15, -0.1) is 0 Å². The lowest BCUT2D eigenvalue weighted by Gasteiger charge is -2.27. The fourth-order valence-corrected chi connectivity index (χ4v) is 2.33. The predicted molar refractivity (Wildman–Crippen MR) is 82.5 cm³/mol. The van der Waals surface area contributed by atoms with E-state index in [1.807, 2.05) is 51.1 Å². The van der Waals surface area contributed by atoms with Crippen molar-refractivity contribution >= 4 is 11.9 Å². The Kier molecular flexibility index (Phi) is 5.19. The Morgan fingerprint density at radius 3 is 2.59 bits per heavy atom. The molecular weight excluding hydrogens is 282 g/mol. The number of ether oxygens (including phenoxy) is 2. The minimum Gasteiger partial charge on any atom is -0.444 e. The van der Waals surface area contributed by atoms with Crippen molar-refractivity contribution < 1.29 is 19.1 Å². The lowest BCUT2D eigenvalue weighted by Crippen LogP contribution is -2.41. The molecule has 0 bridgehead atoms. The van der Waals surface area contributed by atoms with Crippen molar-refractivity contribution in [1.82, 2.24) is 4.90 Å². The highest BCUT2D eigenvalue weighted by molar-refractivity contribution is 5.88. The summed E-state index contributed by atoms with van der Waals surface area (Å²) in [6.07, 6.45) is -0.125. The first-order chi connectivity index (χ1) is 10.3. The zero-order valence-electron chi connectivity index (χ0n) is 13.4. The first kappa shape index (κ1) is 16.5. The molecule has 0 aromatic heterocycles. The summed E-state index contributed by atoms with van der Waals surface area (Å²) in [6, 6.07) is 9.56. The average Bonchev–Trinajstić information content (AvgIpc) is 2.79. The van der Waals surface area contributed by atoms with E-state index in [1.165, 1.54) is 4.90 Å². The Labute approximate surface area is 131 Å². The lowest BCUT2D eigenvalue weighted by atomic mass is 10.2. The molecule has 0 radical (unpaired) electrons. The summed E-state index contributed by atoms with van der Waals surface area (Å²) in [4.78, 5) is 25.3. The molecule has 120 valence electrons. The number of amides is 1. The topological polar surface area (TPSA) is 55.8 Å². The van der Waals surface area contributed by atoms with Crippen molar-refractivity contribution in [2.45, 2.75) is 45.4 Å². The number of likely N-dealkylation sites (tertiary alicyclic amines) is 1. The standard InChI is InChI=1S/C17H23NO4/c1-17(2,3)22-16(20)18-10-15(19)9-14(18)12-21-11-13-7-5-4-6-8-13/h4-8,14H,9-12H2,1-3H3/t14-/m1/s1. The second-order valence-corrected chi connectivity index (χ2v) is 6.51. The third-order valence-corrected chi connectivity index (χ3v) is 3.30. The van der Waals surface area contributed by atoms with Gasteiger partial charge in [-0.2, -0.15) is 0 Å². The first-order valence-electron chi connectivity index (χ1n) is 7.48. The summed E-state index contributed by atoms with van der Waals surface area (Å²) in [7, 11) is 0. The van der Waals surface area contributed by atoms with Crippen LogP contribution >= 0.6 is 0 Å². The van der Waals surface area contributed by atoms with Crippen LogP contribution in [0.15, 0.2) is 30.3 Å². The molecule has 0 N–H and O–H groups in total. The van der Waals surface area contributed by atoms with Gasteiger partial charge in [-0.3, -0.25) is 9.69 Å². The molecule has 1 heterocycles. The largest absolute Gasteiger partial charge is 0.444 e. The number of benzene rings is 1. The number of ketones is 1. The van der Waals surface area contributed by atoms with E-state index in [4.69, 9.17) is 9.47 Å². The Morgan fingerprint density at radius 1 is 1.27 bits per heavy atom. The fourth-order valence-electron chi connectivity index (χ4n) is 2.33. The molecule has 0 spiro atoms. The summed E-state index contributed by atoms with van der Waals surface area (Å²) in [5, 5.41) is 0. The highest BCUT2D eigenvalue weighted by atomic mass is 16.6. The number of hydrogen-bond acceptors (Lipinski definition) is 4. The molecule has 0 aliphatic carbocycles. The zero-order valence-corrected chi connectivity index (χ0v) is 13.4. The van der Waals surface area contributed by atoms with Gasteiger partial charge in [0.05, 0.1) is 25.8 Å². The van der Waals surface area contributed by atoms with Gasteiger partial charge in [0.25, 0.3) is 0 Å². The molecule has 1 aromatic rings. The third-order valence-electron chi connectivity index (χ3n) is 3.30. The van der Waals surface area contributed by atoms with Gasteiger partial charge in [0.15, 0.2) is 5.78 Å². The minimum absolute atomic E-state index is 0.0409. The fraction of sp³-hybridized carbons (Fsp3) is 0.529. The molecule has 1 atom stereocenters. The molecule has 5 nitrogen and oxygen atoms in total. The van der Waals surface area contributed by atoms with Gasteiger partial charge in [-0.25, -0.2) is 4.79 Å². The van der Waals surface area contributed by atoms with Crippen molar-refractivity contribution in [2.24, 2.45) is 0 Å². The van der Waals surface area contributed by atoms with Crippen LogP contribution in [-0.2, 0) is 20.9 Å². The van der Waals surface area contributed by atoms with Crippen molar-refractivity contribution in [1.29, 1.82) is 0 Å². The van der Waals surface area contributed by atoms with Crippen LogP contribution in [0.5, 0.6) is 0 Å². The molecule has 1 saturated heterocycles. The lowest BCUT2D eigenvalue weighted by molar-refractivity contribution is -0.117. The quantitative estimate of drug-likeness (QED) is 0.858. The predicted octanol–water partition coefficient (Wildman–Crippen LogP) is 2.78. The Hall–Kier alpha value is -1.88. The number of nitrogens with zero attached hydrogens (tertiary/aromatic N) is 1. The number of rotatable bonds is 4. The summed E-state index contributed by atoms with van der Waals surface area (Å²) in [6.45, 7) is 6.33. The van der Waals surface area contributed by atoms with Crippen LogP contribution in [0.4, 0.5) is 4.79 Å². The molecule has 1 amide bonds. The average molecular weight is 305 g/mol. The maximum absolute atomic E-state index is 12.1. The summed E-state index contributed by atoms with van der Waals surface area (Å²) in [5.74, 6) is 0.0409. The number of carbonyl (C=O) groups is 2. The highest BCUT2D eigenvalue weighted by Crippen LogP contribution is 2.19. The van der Waals surface area contributed by atoms with Crippen LogP contribution in [0, 0.1) is 0 Å². The van der Waals surface area contributed by atoms with Gasteiger partial charge in [-0.05, 0) is 26.3 Å². The molecule has 1 aromatic carbocycles. The third kappa shape index (κ3) is 4.84. The van der Waals surface area contributed by atoms with E-state index in [0.29, 0.717) is 19.6 Å². The second-order valence-electron chi connectivity index (χ2n) is 6.51. The Balaban J connectivity index is 1.88. The van der Waals surface area contributed by atoms with E-state index >= 15 is 0 Å². The van der Waals surface area contributed by atoms with Crippen LogP contribution in [-0.4, -0.2) is 41.6 Å². The van der Waals surface area contributed by atoms with Gasteiger partial charge in [-0.1, -0.05) is 30.3 Å². The van der Waals surface area contributed by atoms with Gasteiger partial charge >= 0.3 is 6.09 Å². The SMILES string of the molecule is CC(C)(C)OC(=O)N1CC(=O)C[C@@H]1COCc1ccccc1.